The molecule has 0 spiro atoms. The number of hydrogen-bond acceptors (Lipinski definition) is 2. The van der Waals surface area contributed by atoms with Crippen LogP contribution in [-0.2, 0) is 4.79 Å². The van der Waals surface area contributed by atoms with Crippen LogP contribution in [0.2, 0.25) is 0 Å². The fraction of sp³-hybridized carbons (Fsp3) is 0.476. The summed E-state index contributed by atoms with van der Waals surface area (Å²) in [7, 11) is 0. The number of hydrogen-bond donors (Lipinski definition) is 1. The maximum Gasteiger partial charge on any atom is 0.130 e. The Morgan fingerprint density at radius 2 is 1.78 bits per heavy atom. The largest absolute Gasteiger partial charge is 0.300 e. The zero-order valence-corrected chi connectivity index (χ0v) is 15.9. The standard InChI is InChI=1S/C21H30OS/c1-6-7-15(2)8-9-16(3)21(14-17(4)22)18(5)19-10-12-20(23)13-11-19/h6-7,9-13,15,18,21,23H,8,14H2,1-5H3/b7-6-,16-9+. The number of rotatable bonds is 8. The number of allylic oxidation sites excluding steroid dienone is 4. The average molecular weight is 331 g/mol. The number of benzene rings is 1. The SMILES string of the molecule is C/C=C\C(C)C/C=C(\C)C(CC(C)=O)C(C)c1ccc(S)cc1. The van der Waals surface area contributed by atoms with Crippen molar-refractivity contribution in [2.24, 2.45) is 11.8 Å². The van der Waals surface area contributed by atoms with Crippen molar-refractivity contribution in [2.75, 3.05) is 0 Å². The van der Waals surface area contributed by atoms with E-state index in [0.717, 1.165) is 11.3 Å². The molecule has 1 rings (SSSR count). The summed E-state index contributed by atoms with van der Waals surface area (Å²) < 4.78 is 0. The molecule has 0 aliphatic rings. The van der Waals surface area contributed by atoms with Gasteiger partial charge in [-0.15, -0.1) is 12.6 Å². The van der Waals surface area contributed by atoms with Gasteiger partial charge in [-0.3, -0.25) is 0 Å². The lowest BCUT2D eigenvalue weighted by molar-refractivity contribution is -0.117. The van der Waals surface area contributed by atoms with E-state index in [4.69, 9.17) is 0 Å². The Labute approximate surface area is 147 Å². The molecule has 0 aliphatic heterocycles. The zero-order valence-electron chi connectivity index (χ0n) is 15.0. The molecular weight excluding hydrogens is 300 g/mol. The highest BCUT2D eigenvalue weighted by Gasteiger charge is 2.22. The minimum Gasteiger partial charge on any atom is -0.300 e. The molecule has 1 aromatic carbocycles. The van der Waals surface area contributed by atoms with Crippen molar-refractivity contribution in [1.82, 2.24) is 0 Å². The van der Waals surface area contributed by atoms with Gasteiger partial charge in [0.2, 0.25) is 0 Å². The Morgan fingerprint density at radius 3 is 2.30 bits per heavy atom. The van der Waals surface area contributed by atoms with E-state index < -0.39 is 0 Å². The Hall–Kier alpha value is -1.28. The minimum absolute atomic E-state index is 0.252. The quantitative estimate of drug-likeness (QED) is 0.442. The smallest absolute Gasteiger partial charge is 0.130 e. The number of thiol groups is 1. The molecule has 0 heterocycles. The molecule has 1 aromatic rings. The topological polar surface area (TPSA) is 17.1 Å². The van der Waals surface area contributed by atoms with E-state index in [-0.39, 0.29) is 11.7 Å². The summed E-state index contributed by atoms with van der Waals surface area (Å²) in [5.41, 5.74) is 2.59. The predicted molar refractivity (Wildman–Crippen MR) is 103 cm³/mol. The molecule has 0 saturated heterocycles. The number of ketones is 1. The van der Waals surface area contributed by atoms with Gasteiger partial charge in [0.25, 0.3) is 0 Å². The molecule has 0 fully saturated rings. The molecule has 0 radical (unpaired) electrons. The van der Waals surface area contributed by atoms with Crippen molar-refractivity contribution < 1.29 is 4.79 Å². The van der Waals surface area contributed by atoms with E-state index in [1.807, 2.05) is 12.1 Å². The Kier molecular flexibility index (Phi) is 8.40. The summed E-state index contributed by atoms with van der Waals surface area (Å²) in [5, 5.41) is 0. The Morgan fingerprint density at radius 1 is 1.17 bits per heavy atom. The van der Waals surface area contributed by atoms with Crippen LogP contribution in [0.3, 0.4) is 0 Å². The van der Waals surface area contributed by atoms with Crippen LogP contribution in [0.25, 0.3) is 0 Å². The first-order valence-corrected chi connectivity index (χ1v) is 8.87. The fourth-order valence-electron chi connectivity index (χ4n) is 2.98. The monoisotopic (exact) mass is 330 g/mol. The van der Waals surface area contributed by atoms with Crippen LogP contribution in [-0.4, -0.2) is 5.78 Å². The molecule has 0 amide bonds. The maximum atomic E-state index is 11.7. The van der Waals surface area contributed by atoms with Gasteiger partial charge in [-0.1, -0.05) is 49.8 Å². The first kappa shape index (κ1) is 19.8. The molecule has 23 heavy (non-hydrogen) atoms. The number of Topliss-reactive ketones (excluding diaryl/α,β-unsaturated/α-hetero) is 1. The Bertz CT molecular complexity index is 554. The van der Waals surface area contributed by atoms with Gasteiger partial charge in [-0.05, 0) is 62.6 Å². The van der Waals surface area contributed by atoms with Gasteiger partial charge >= 0.3 is 0 Å². The van der Waals surface area contributed by atoms with Crippen LogP contribution < -0.4 is 0 Å². The van der Waals surface area contributed by atoms with Crippen LogP contribution in [0.5, 0.6) is 0 Å². The highest BCUT2D eigenvalue weighted by molar-refractivity contribution is 7.80. The van der Waals surface area contributed by atoms with Crippen molar-refractivity contribution in [3.8, 4) is 0 Å². The third-order valence-corrected chi connectivity index (χ3v) is 4.75. The highest BCUT2D eigenvalue weighted by atomic mass is 32.1. The van der Waals surface area contributed by atoms with E-state index in [9.17, 15) is 4.79 Å². The van der Waals surface area contributed by atoms with Crippen molar-refractivity contribution >= 4 is 18.4 Å². The van der Waals surface area contributed by atoms with Gasteiger partial charge in [0.1, 0.15) is 5.78 Å². The zero-order chi connectivity index (χ0) is 17.4. The summed E-state index contributed by atoms with van der Waals surface area (Å²) in [6.45, 7) is 10.3. The molecule has 0 aliphatic carbocycles. The van der Waals surface area contributed by atoms with Crippen LogP contribution in [0.15, 0.2) is 53.0 Å². The molecule has 2 heteroatoms. The normalized spacial score (nSPS) is 16.3. The summed E-state index contributed by atoms with van der Waals surface area (Å²) >= 11 is 4.35. The van der Waals surface area contributed by atoms with E-state index >= 15 is 0 Å². The third-order valence-electron chi connectivity index (χ3n) is 4.45. The molecule has 0 saturated carbocycles. The van der Waals surface area contributed by atoms with Crippen molar-refractivity contribution in [2.45, 2.75) is 58.3 Å². The third kappa shape index (κ3) is 6.78. The van der Waals surface area contributed by atoms with Crippen LogP contribution in [0.4, 0.5) is 0 Å². The van der Waals surface area contributed by atoms with E-state index in [2.05, 4.69) is 70.7 Å². The van der Waals surface area contributed by atoms with Crippen LogP contribution in [0.1, 0.15) is 58.9 Å². The lowest BCUT2D eigenvalue weighted by atomic mass is 9.79. The molecule has 0 bridgehead atoms. The second kappa shape index (κ2) is 9.77. The minimum atomic E-state index is 0.252. The second-order valence-corrected chi connectivity index (χ2v) is 7.10. The van der Waals surface area contributed by atoms with Gasteiger partial charge in [0.05, 0.1) is 0 Å². The average Bonchev–Trinajstić information content (AvgIpc) is 2.50. The van der Waals surface area contributed by atoms with Crippen molar-refractivity contribution in [3.63, 3.8) is 0 Å². The highest BCUT2D eigenvalue weighted by Crippen LogP contribution is 2.33. The number of carbonyl (C=O) groups is 1. The first-order chi connectivity index (χ1) is 10.8. The lowest BCUT2D eigenvalue weighted by Gasteiger charge is -2.25. The van der Waals surface area contributed by atoms with Gasteiger partial charge < -0.3 is 4.79 Å². The maximum absolute atomic E-state index is 11.7. The van der Waals surface area contributed by atoms with Gasteiger partial charge in [0.15, 0.2) is 0 Å². The molecule has 3 unspecified atom stereocenters. The first-order valence-electron chi connectivity index (χ1n) is 8.43. The van der Waals surface area contributed by atoms with Crippen molar-refractivity contribution in [3.05, 3.63) is 53.6 Å². The fourth-order valence-corrected chi connectivity index (χ4v) is 3.13. The summed E-state index contributed by atoms with van der Waals surface area (Å²) in [6.07, 6.45) is 8.25. The van der Waals surface area contributed by atoms with E-state index in [1.165, 1.54) is 11.1 Å². The molecule has 1 nitrogen and oxygen atoms in total. The molecule has 3 atom stereocenters. The van der Waals surface area contributed by atoms with Crippen LogP contribution in [0, 0.1) is 11.8 Å². The summed E-state index contributed by atoms with van der Waals surface area (Å²) in [6, 6.07) is 8.28. The second-order valence-electron chi connectivity index (χ2n) is 6.58. The Balaban J connectivity index is 2.95. The molecule has 126 valence electrons. The lowest BCUT2D eigenvalue weighted by Crippen LogP contribution is -2.15. The molecule has 0 aromatic heterocycles. The predicted octanol–water partition coefficient (Wildman–Crippen LogP) is 6.22. The van der Waals surface area contributed by atoms with Crippen molar-refractivity contribution in [1.29, 1.82) is 0 Å². The molecule has 0 N–H and O–H groups in total. The van der Waals surface area contributed by atoms with E-state index in [0.29, 0.717) is 18.3 Å². The summed E-state index contributed by atoms with van der Waals surface area (Å²) in [5.74, 6) is 1.37. The van der Waals surface area contributed by atoms with Gasteiger partial charge in [0, 0.05) is 11.3 Å². The van der Waals surface area contributed by atoms with Gasteiger partial charge in [-0.2, -0.15) is 0 Å². The van der Waals surface area contributed by atoms with Gasteiger partial charge in [-0.25, -0.2) is 0 Å². The van der Waals surface area contributed by atoms with E-state index in [1.54, 1.807) is 6.92 Å². The molecular formula is C21H30OS. The summed E-state index contributed by atoms with van der Waals surface area (Å²) in [4.78, 5) is 12.7. The number of carbonyl (C=O) groups excluding carboxylic acids is 1. The van der Waals surface area contributed by atoms with Crippen LogP contribution >= 0.6 is 12.6 Å².